The van der Waals surface area contributed by atoms with E-state index in [0.717, 1.165) is 51.0 Å². The molecule has 0 aliphatic carbocycles. The summed E-state index contributed by atoms with van der Waals surface area (Å²) >= 11 is 0. The number of amides is 2. The van der Waals surface area contributed by atoms with E-state index in [1.165, 1.54) is 57.6 Å². The number of alkyl halides is 17. The first-order valence-electron chi connectivity index (χ1n) is 19.9. The van der Waals surface area contributed by atoms with Crippen molar-refractivity contribution in [1.29, 1.82) is 0 Å². The van der Waals surface area contributed by atoms with E-state index in [1.54, 1.807) is 0 Å². The second-order valence-corrected chi connectivity index (χ2v) is 16.9. The lowest BCUT2D eigenvalue weighted by molar-refractivity contribution is -0.462. The first-order chi connectivity index (χ1) is 29.6. The third-order valence-corrected chi connectivity index (χ3v) is 11.7. The molecule has 1 aromatic carbocycles. The van der Waals surface area contributed by atoms with Crippen molar-refractivity contribution in [3.63, 3.8) is 0 Å². The number of carbonyl (C=O) groups is 2. The number of benzene rings is 1. The number of sulfonamides is 1. The molecule has 0 bridgehead atoms. The number of aryl methyl sites for hydroxylation is 1. The number of ether oxygens (including phenoxy) is 2. The molecule has 0 radical (unpaired) electrons. The number of unbranched alkanes of at least 4 members (excludes halogenated alkanes) is 12. The van der Waals surface area contributed by atoms with Crippen molar-refractivity contribution in [1.82, 2.24) is 4.31 Å². The molecular weight excluding hydrogens is 949 g/mol. The first kappa shape index (κ1) is 59.2. The third-order valence-electron chi connectivity index (χ3n) is 9.75. The van der Waals surface area contributed by atoms with Crippen LogP contribution in [0.2, 0.25) is 0 Å². The van der Waals surface area contributed by atoms with Gasteiger partial charge < -0.3 is 9.47 Å². The number of carbonyl (C=O) groups excluding carboxylic acids is 2. The van der Waals surface area contributed by atoms with Gasteiger partial charge in [-0.2, -0.15) is 74.6 Å². The van der Waals surface area contributed by atoms with Crippen LogP contribution in [-0.4, -0.2) is 98.7 Å². The van der Waals surface area contributed by atoms with Crippen molar-refractivity contribution in [2.24, 2.45) is 0 Å². The van der Waals surface area contributed by atoms with Crippen molar-refractivity contribution in [2.45, 2.75) is 151 Å². The highest BCUT2D eigenvalue weighted by molar-refractivity contribution is 7.90. The lowest BCUT2D eigenvalue weighted by Gasteiger charge is -2.44. The molecule has 65 heavy (non-hydrogen) atoms. The van der Waals surface area contributed by atoms with Gasteiger partial charge in [0.05, 0.1) is 6.61 Å². The number of anilines is 2. The average Bonchev–Trinajstić information content (AvgIpc) is 3.18. The Labute approximate surface area is 363 Å². The topological polar surface area (TPSA) is 114 Å². The van der Waals surface area contributed by atoms with Crippen LogP contribution < -0.4 is 10.6 Å². The zero-order chi connectivity index (χ0) is 50.3. The molecule has 0 aromatic heterocycles. The standard InChI is InChI=1S/C38H50F17N3O6S/c1-4-5-6-7-8-9-10-11-12-13-14-15-16-17-18-19-23-63-30(60)57-28-25-27(21-20-26(28)2)56-29(59)64-24-22-58(3)65(61,62)38(54,55)35(46,47)34(44,45)33(42,43)32(40,41)31(39,36(48,49)50)37(51,52)53/h11-12,20-21,25H,4-10,13-19,22-24H2,1-3H3,(H,56,59)(H,57,60). The van der Waals surface area contributed by atoms with Crippen LogP contribution in [0.3, 0.4) is 0 Å². The molecule has 0 atom stereocenters. The maximum Gasteiger partial charge on any atom is 0.438 e. The Kier molecular flexibility index (Phi) is 21.7. The summed E-state index contributed by atoms with van der Waals surface area (Å²) in [5.74, 6) is -35.5. The SMILES string of the molecule is CCCCCCCCC=CCCCCCCCCOC(=O)Nc1cc(NC(=O)OCCN(C)S(=O)(=O)C(F)(F)C(F)(F)C(F)(F)C(F)(F)C(F)(F)C(F)(C(F)(F)F)C(F)(F)F)ccc1C. The second-order valence-electron chi connectivity index (χ2n) is 14.8. The van der Waals surface area contributed by atoms with Gasteiger partial charge in [-0.3, -0.25) is 10.6 Å². The average molecular weight is 1000 g/mol. The van der Waals surface area contributed by atoms with Crippen LogP contribution in [-0.2, 0) is 19.5 Å². The minimum Gasteiger partial charge on any atom is -0.449 e. The molecule has 0 spiro atoms. The predicted molar refractivity (Wildman–Crippen MR) is 203 cm³/mol. The Hall–Kier alpha value is -3.78. The monoisotopic (exact) mass is 999 g/mol. The van der Waals surface area contributed by atoms with Crippen molar-refractivity contribution in [2.75, 3.05) is 37.4 Å². The van der Waals surface area contributed by atoms with Gasteiger partial charge in [-0.15, -0.1) is 0 Å². The summed E-state index contributed by atoms with van der Waals surface area (Å²) in [4.78, 5) is 24.6. The molecule has 27 heteroatoms. The Morgan fingerprint density at radius 1 is 0.600 bits per heavy atom. The second kappa shape index (κ2) is 23.8. The Balaban J connectivity index is 2.74. The fourth-order valence-electron chi connectivity index (χ4n) is 5.70. The number of halogens is 17. The van der Waals surface area contributed by atoms with Crippen molar-refractivity contribution < 1.29 is 102 Å². The zero-order valence-electron chi connectivity index (χ0n) is 35.1. The quantitative estimate of drug-likeness (QED) is 0.0491. The highest BCUT2D eigenvalue weighted by Crippen LogP contribution is 2.65. The molecule has 0 saturated carbocycles. The van der Waals surface area contributed by atoms with Gasteiger partial charge in [-0.1, -0.05) is 82.9 Å². The van der Waals surface area contributed by atoms with E-state index in [1.807, 2.05) is 5.32 Å². The van der Waals surface area contributed by atoms with Gasteiger partial charge in [0, 0.05) is 25.0 Å². The molecule has 0 fully saturated rings. The Morgan fingerprint density at radius 3 is 1.52 bits per heavy atom. The van der Waals surface area contributed by atoms with Gasteiger partial charge in [-0.25, -0.2) is 22.4 Å². The molecule has 0 heterocycles. The van der Waals surface area contributed by atoms with E-state index in [2.05, 4.69) is 29.1 Å². The largest absolute Gasteiger partial charge is 0.449 e. The fourth-order valence-corrected chi connectivity index (χ4v) is 6.86. The Morgan fingerprint density at radius 2 is 1.03 bits per heavy atom. The maximum absolute atomic E-state index is 14.5. The van der Waals surface area contributed by atoms with Crippen LogP contribution in [0.4, 0.5) is 95.6 Å². The number of hydrogen-bond donors (Lipinski definition) is 2. The highest BCUT2D eigenvalue weighted by Gasteiger charge is 2.98. The third kappa shape index (κ3) is 14.1. The summed E-state index contributed by atoms with van der Waals surface area (Å²) in [6.45, 7) is 0.522. The van der Waals surface area contributed by atoms with Crippen molar-refractivity contribution >= 4 is 33.6 Å². The zero-order valence-corrected chi connectivity index (χ0v) is 36.0. The van der Waals surface area contributed by atoms with E-state index < -0.39 is 86.6 Å². The molecule has 0 unspecified atom stereocenters. The molecule has 0 saturated heterocycles. The van der Waals surface area contributed by atoms with Gasteiger partial charge in [0.2, 0.25) is 0 Å². The van der Waals surface area contributed by atoms with E-state index in [-0.39, 0.29) is 25.0 Å². The molecule has 2 amide bonds. The summed E-state index contributed by atoms with van der Waals surface area (Å²) in [7, 11) is -7.78. The maximum atomic E-state index is 14.5. The summed E-state index contributed by atoms with van der Waals surface area (Å²) in [6.07, 6.45) is 0.293. The van der Waals surface area contributed by atoms with Crippen molar-refractivity contribution in [3.05, 3.63) is 35.9 Å². The van der Waals surface area contributed by atoms with Crippen LogP contribution >= 0.6 is 0 Å². The lowest BCUT2D eigenvalue weighted by Crippen LogP contribution is -2.77. The smallest absolute Gasteiger partial charge is 0.438 e. The minimum atomic E-state index is -9.06. The molecule has 378 valence electrons. The van der Waals surface area contributed by atoms with Gasteiger partial charge in [-0.05, 0) is 56.7 Å². The molecule has 0 aliphatic rings. The Bertz CT molecular complexity index is 1800. The van der Waals surface area contributed by atoms with E-state index in [4.69, 9.17) is 4.74 Å². The number of likely N-dealkylation sites (N-methyl/N-ethyl adjacent to an activating group) is 1. The van der Waals surface area contributed by atoms with E-state index in [0.29, 0.717) is 12.0 Å². The number of nitrogens with zero attached hydrogens (tertiary/aromatic N) is 1. The molecular formula is C38H50F17N3O6S. The fraction of sp³-hybridized carbons (Fsp3) is 0.737. The van der Waals surface area contributed by atoms with Crippen LogP contribution in [0.1, 0.15) is 102 Å². The predicted octanol–water partition coefficient (Wildman–Crippen LogP) is 13.4. The van der Waals surface area contributed by atoms with E-state index in [9.17, 15) is 92.6 Å². The highest BCUT2D eigenvalue weighted by atomic mass is 32.2. The van der Waals surface area contributed by atoms with Crippen LogP contribution in [0.5, 0.6) is 0 Å². The number of rotatable bonds is 28. The minimum absolute atomic E-state index is 0.0666. The molecule has 0 aliphatic heterocycles. The first-order valence-corrected chi connectivity index (χ1v) is 21.4. The number of hydrogen-bond acceptors (Lipinski definition) is 6. The van der Waals surface area contributed by atoms with Gasteiger partial charge in [0.15, 0.2) is 0 Å². The summed E-state index contributed by atoms with van der Waals surface area (Å²) in [5, 5.41) is -3.38. The number of allylic oxidation sites excluding steroid dienone is 2. The van der Waals surface area contributed by atoms with E-state index >= 15 is 0 Å². The van der Waals surface area contributed by atoms with Crippen LogP contribution in [0, 0.1) is 6.92 Å². The molecule has 1 aromatic rings. The molecule has 2 N–H and O–H groups in total. The van der Waals surface area contributed by atoms with Gasteiger partial charge in [0.25, 0.3) is 10.0 Å². The summed E-state index contributed by atoms with van der Waals surface area (Å²) in [5.41, 5.74) is -8.48. The van der Waals surface area contributed by atoms with Crippen LogP contribution in [0.25, 0.3) is 0 Å². The normalized spacial score (nSPS) is 14.0. The summed E-state index contributed by atoms with van der Waals surface area (Å²) in [6, 6.07) is 3.68. The van der Waals surface area contributed by atoms with Crippen molar-refractivity contribution in [3.8, 4) is 0 Å². The number of nitrogens with one attached hydrogen (secondary N) is 2. The summed E-state index contributed by atoms with van der Waals surface area (Å²) < 4.78 is 265. The van der Waals surface area contributed by atoms with Crippen LogP contribution in [0.15, 0.2) is 30.4 Å². The van der Waals surface area contributed by atoms with Gasteiger partial charge in [0.1, 0.15) is 6.61 Å². The van der Waals surface area contributed by atoms with Gasteiger partial charge >= 0.3 is 59.2 Å². The lowest BCUT2D eigenvalue weighted by atomic mass is 9.86. The molecule has 9 nitrogen and oxygen atoms in total. The molecule has 1 rings (SSSR count).